The summed E-state index contributed by atoms with van der Waals surface area (Å²) in [5.74, 6) is -2.76. The van der Waals surface area contributed by atoms with Gasteiger partial charge < -0.3 is 14.9 Å². The number of nitro groups is 1. The molecule has 1 amide bonds. The highest BCUT2D eigenvalue weighted by molar-refractivity contribution is 6.51. The van der Waals surface area contributed by atoms with E-state index in [1.807, 2.05) is 0 Å². The number of methoxy groups -OCH3 is 1. The smallest absolute Gasteiger partial charge is 0.307 e. The summed E-state index contributed by atoms with van der Waals surface area (Å²) >= 11 is 0. The van der Waals surface area contributed by atoms with E-state index in [2.05, 4.69) is 0 Å². The van der Waals surface area contributed by atoms with Crippen LogP contribution in [0.1, 0.15) is 22.7 Å². The average Bonchev–Trinajstić information content (AvgIpc) is 3.14. The van der Waals surface area contributed by atoms with Gasteiger partial charge in [0.1, 0.15) is 11.5 Å². The lowest BCUT2D eigenvalue weighted by Crippen LogP contribution is -2.29. The molecule has 10 heteroatoms. The largest absolute Gasteiger partial charge is 0.507 e. The molecule has 1 aliphatic heterocycles. The number of nitro benzene ring substituents is 1. The molecule has 0 saturated carbocycles. The SMILES string of the molecule is COc1ccc(C2/C(=C(/O)c3ccc([N+](=O)[O-])cc3)C(=O)C(=O)N2c2ccc(CC(=O)O)cc2)cc1. The summed E-state index contributed by atoms with van der Waals surface area (Å²) in [6, 6.07) is 16.7. The Kier molecular flexibility index (Phi) is 6.51. The van der Waals surface area contributed by atoms with Crippen molar-refractivity contribution >= 4 is 34.8 Å². The van der Waals surface area contributed by atoms with E-state index in [0.717, 1.165) is 0 Å². The fourth-order valence-corrected chi connectivity index (χ4v) is 4.05. The quantitative estimate of drug-likeness (QED) is 0.168. The van der Waals surface area contributed by atoms with Crippen LogP contribution in [-0.2, 0) is 20.8 Å². The standard InChI is InChI=1S/C26H20N2O8/c1-36-20-12-6-16(7-13-20)23-22(24(31)17-4-10-19(11-5-17)28(34)35)25(32)26(33)27(23)18-8-2-15(3-9-18)14-21(29)30/h2-13,23,31H,14H2,1H3,(H,29,30)/b24-22-. The molecule has 4 rings (SSSR count). The number of amides is 1. The van der Waals surface area contributed by atoms with Crippen LogP contribution in [0.5, 0.6) is 5.75 Å². The van der Waals surface area contributed by atoms with Crippen LogP contribution >= 0.6 is 0 Å². The van der Waals surface area contributed by atoms with Gasteiger partial charge in [0.2, 0.25) is 0 Å². The van der Waals surface area contributed by atoms with E-state index in [-0.39, 0.29) is 23.2 Å². The Bertz CT molecular complexity index is 1380. The van der Waals surface area contributed by atoms with Crippen LogP contribution in [0.3, 0.4) is 0 Å². The van der Waals surface area contributed by atoms with Crippen molar-refractivity contribution in [2.45, 2.75) is 12.5 Å². The molecule has 10 nitrogen and oxygen atoms in total. The molecule has 0 aliphatic carbocycles. The lowest BCUT2D eigenvalue weighted by atomic mass is 9.95. The minimum Gasteiger partial charge on any atom is -0.507 e. The van der Waals surface area contributed by atoms with Crippen LogP contribution in [0, 0.1) is 10.1 Å². The predicted molar refractivity (Wildman–Crippen MR) is 129 cm³/mol. The summed E-state index contributed by atoms with van der Waals surface area (Å²) in [6.45, 7) is 0. The van der Waals surface area contributed by atoms with Crippen molar-refractivity contribution in [3.63, 3.8) is 0 Å². The number of hydrogen-bond acceptors (Lipinski definition) is 7. The molecule has 36 heavy (non-hydrogen) atoms. The number of nitrogens with zero attached hydrogens (tertiary/aromatic N) is 2. The van der Waals surface area contributed by atoms with Crippen molar-refractivity contribution in [3.8, 4) is 5.75 Å². The molecular weight excluding hydrogens is 468 g/mol. The maximum Gasteiger partial charge on any atom is 0.307 e. The number of carboxylic acid groups (broad SMARTS) is 1. The number of Topliss-reactive ketones (excluding diaryl/α,β-unsaturated/α-hetero) is 1. The number of hydrogen-bond donors (Lipinski definition) is 2. The summed E-state index contributed by atoms with van der Waals surface area (Å²) in [6.07, 6.45) is -0.207. The topological polar surface area (TPSA) is 147 Å². The molecule has 1 fully saturated rings. The van der Waals surface area contributed by atoms with Crippen LogP contribution in [0.15, 0.2) is 78.4 Å². The fourth-order valence-electron chi connectivity index (χ4n) is 4.05. The molecule has 0 radical (unpaired) electrons. The molecule has 3 aromatic rings. The van der Waals surface area contributed by atoms with Crippen LogP contribution in [0.4, 0.5) is 11.4 Å². The summed E-state index contributed by atoms with van der Waals surface area (Å²) in [4.78, 5) is 49.0. The van der Waals surface area contributed by atoms with Gasteiger partial charge in [-0.25, -0.2) is 0 Å². The van der Waals surface area contributed by atoms with E-state index in [9.17, 15) is 29.6 Å². The number of carboxylic acids is 1. The molecule has 0 aromatic heterocycles. The second-order valence-corrected chi connectivity index (χ2v) is 7.98. The fraction of sp³-hybridized carbons (Fsp3) is 0.115. The van der Waals surface area contributed by atoms with Gasteiger partial charge in [-0.1, -0.05) is 24.3 Å². The van der Waals surface area contributed by atoms with E-state index in [4.69, 9.17) is 9.84 Å². The Hall–Kier alpha value is -4.99. The highest BCUT2D eigenvalue weighted by atomic mass is 16.6. The highest BCUT2D eigenvalue weighted by Gasteiger charge is 2.47. The summed E-state index contributed by atoms with van der Waals surface area (Å²) in [5, 5.41) is 31.1. The number of benzene rings is 3. The van der Waals surface area contributed by atoms with Gasteiger partial charge in [-0.2, -0.15) is 0 Å². The van der Waals surface area contributed by atoms with Crippen molar-refractivity contribution in [3.05, 3.63) is 105 Å². The maximum atomic E-state index is 13.2. The predicted octanol–water partition coefficient (Wildman–Crippen LogP) is 3.86. The zero-order valence-electron chi connectivity index (χ0n) is 19.0. The molecule has 182 valence electrons. The molecule has 0 bridgehead atoms. The number of carbonyl (C=O) groups is 3. The minimum atomic E-state index is -1.02. The van der Waals surface area contributed by atoms with Crippen molar-refractivity contribution in [1.29, 1.82) is 0 Å². The Labute approximate surface area is 204 Å². The first-order valence-corrected chi connectivity index (χ1v) is 10.7. The van der Waals surface area contributed by atoms with Crippen LogP contribution in [0.2, 0.25) is 0 Å². The normalized spacial score (nSPS) is 16.7. The van der Waals surface area contributed by atoms with Crippen LogP contribution in [0.25, 0.3) is 5.76 Å². The van der Waals surface area contributed by atoms with Gasteiger partial charge in [0, 0.05) is 23.4 Å². The molecule has 1 aliphatic rings. The maximum absolute atomic E-state index is 13.2. The van der Waals surface area contributed by atoms with Crippen molar-refractivity contribution < 1.29 is 34.3 Å². The van der Waals surface area contributed by atoms with Gasteiger partial charge >= 0.3 is 5.97 Å². The molecule has 2 N–H and O–H groups in total. The van der Waals surface area contributed by atoms with E-state index in [1.54, 1.807) is 36.4 Å². The van der Waals surface area contributed by atoms with Gasteiger partial charge in [0.05, 0.1) is 30.1 Å². The highest BCUT2D eigenvalue weighted by Crippen LogP contribution is 2.42. The van der Waals surface area contributed by atoms with E-state index in [1.165, 1.54) is 48.4 Å². The summed E-state index contributed by atoms with van der Waals surface area (Å²) in [5.41, 5.74) is 1.10. The summed E-state index contributed by atoms with van der Waals surface area (Å²) < 4.78 is 5.19. The van der Waals surface area contributed by atoms with Gasteiger partial charge in [-0.15, -0.1) is 0 Å². The van der Waals surface area contributed by atoms with Gasteiger partial charge in [0.15, 0.2) is 0 Å². The molecular formula is C26H20N2O8. The number of aliphatic carboxylic acids is 1. The second kappa shape index (κ2) is 9.71. The number of aliphatic hydroxyl groups excluding tert-OH is 1. The molecule has 0 spiro atoms. The third-order valence-electron chi connectivity index (χ3n) is 5.80. The zero-order valence-corrected chi connectivity index (χ0v) is 19.0. The first-order chi connectivity index (χ1) is 17.2. The molecule has 1 unspecified atom stereocenters. The summed E-state index contributed by atoms with van der Waals surface area (Å²) in [7, 11) is 1.49. The third-order valence-corrected chi connectivity index (χ3v) is 5.80. The number of non-ortho nitro benzene ring substituents is 1. The third kappa shape index (κ3) is 4.51. The number of ether oxygens (including phenoxy) is 1. The van der Waals surface area contributed by atoms with Crippen LogP contribution in [-0.4, -0.2) is 39.9 Å². The number of carbonyl (C=O) groups excluding carboxylic acids is 2. The Balaban J connectivity index is 1.85. The monoisotopic (exact) mass is 488 g/mol. The van der Waals surface area contributed by atoms with E-state index in [0.29, 0.717) is 22.6 Å². The van der Waals surface area contributed by atoms with Gasteiger partial charge in [0.25, 0.3) is 17.4 Å². The molecule has 3 aromatic carbocycles. The van der Waals surface area contributed by atoms with Gasteiger partial charge in [-0.05, 0) is 47.5 Å². The van der Waals surface area contributed by atoms with E-state index < -0.39 is 34.4 Å². The average molecular weight is 488 g/mol. The number of rotatable bonds is 7. The lowest BCUT2D eigenvalue weighted by Gasteiger charge is -2.25. The minimum absolute atomic E-state index is 0.133. The second-order valence-electron chi connectivity index (χ2n) is 7.98. The number of ketones is 1. The number of aliphatic hydroxyl groups is 1. The Morgan fingerprint density at radius 1 is 0.972 bits per heavy atom. The van der Waals surface area contributed by atoms with Crippen LogP contribution < -0.4 is 9.64 Å². The lowest BCUT2D eigenvalue weighted by molar-refractivity contribution is -0.384. The molecule has 1 saturated heterocycles. The zero-order chi connectivity index (χ0) is 26.0. The first-order valence-electron chi connectivity index (χ1n) is 10.7. The van der Waals surface area contributed by atoms with E-state index >= 15 is 0 Å². The Morgan fingerprint density at radius 2 is 1.58 bits per heavy atom. The van der Waals surface area contributed by atoms with Crippen molar-refractivity contribution in [2.75, 3.05) is 12.0 Å². The van der Waals surface area contributed by atoms with Gasteiger partial charge in [-0.3, -0.25) is 29.4 Å². The first kappa shape index (κ1) is 24.1. The Morgan fingerprint density at radius 3 is 2.11 bits per heavy atom. The number of anilines is 1. The van der Waals surface area contributed by atoms with Crippen molar-refractivity contribution in [1.82, 2.24) is 0 Å². The molecule has 1 heterocycles. The molecule has 1 atom stereocenters. The van der Waals surface area contributed by atoms with Crippen molar-refractivity contribution in [2.24, 2.45) is 0 Å².